The van der Waals surface area contributed by atoms with E-state index >= 15 is 0 Å². The Morgan fingerprint density at radius 1 is 1.36 bits per heavy atom. The lowest BCUT2D eigenvalue weighted by Crippen LogP contribution is -2.16. The van der Waals surface area contributed by atoms with Crippen LogP contribution >= 0.6 is 0 Å². The third-order valence-electron chi connectivity index (χ3n) is 3.82. The lowest BCUT2D eigenvalue weighted by atomic mass is 9.85. The molecule has 0 aliphatic heterocycles. The Kier molecular flexibility index (Phi) is 4.15. The van der Waals surface area contributed by atoms with Crippen LogP contribution in [0.25, 0.3) is 0 Å². The van der Waals surface area contributed by atoms with Gasteiger partial charge in [-0.1, -0.05) is 39.5 Å². The summed E-state index contributed by atoms with van der Waals surface area (Å²) in [5, 5.41) is 0. The highest BCUT2D eigenvalue weighted by molar-refractivity contribution is 5.84. The van der Waals surface area contributed by atoms with E-state index in [-0.39, 0.29) is 5.41 Å². The number of rotatable bonds is 7. The summed E-state index contributed by atoms with van der Waals surface area (Å²) in [6, 6.07) is 0. The largest absolute Gasteiger partial charge is 0.299 e. The number of carbonyl (C=O) groups is 1. The van der Waals surface area contributed by atoms with Crippen molar-refractivity contribution in [2.75, 3.05) is 0 Å². The molecule has 1 unspecified atom stereocenters. The first kappa shape index (κ1) is 11.7. The highest BCUT2D eigenvalue weighted by Crippen LogP contribution is 2.52. The van der Waals surface area contributed by atoms with Gasteiger partial charge in [0.15, 0.2) is 0 Å². The Labute approximate surface area is 88.3 Å². The average Bonchev–Trinajstić information content (AvgIpc) is 2.93. The van der Waals surface area contributed by atoms with E-state index in [4.69, 9.17) is 0 Å². The van der Waals surface area contributed by atoms with E-state index in [2.05, 4.69) is 13.8 Å². The molecule has 0 N–H and O–H groups in total. The summed E-state index contributed by atoms with van der Waals surface area (Å²) >= 11 is 0. The average molecular weight is 196 g/mol. The molecular weight excluding hydrogens is 172 g/mol. The van der Waals surface area contributed by atoms with E-state index in [1.54, 1.807) is 6.92 Å². The molecule has 1 saturated carbocycles. The van der Waals surface area contributed by atoms with Gasteiger partial charge < -0.3 is 0 Å². The Morgan fingerprint density at radius 2 is 2.00 bits per heavy atom. The van der Waals surface area contributed by atoms with E-state index in [1.165, 1.54) is 32.1 Å². The van der Waals surface area contributed by atoms with Crippen molar-refractivity contribution >= 4 is 5.78 Å². The third-order valence-corrected chi connectivity index (χ3v) is 3.82. The Hall–Kier alpha value is -0.330. The van der Waals surface area contributed by atoms with Crippen LogP contribution in [0.2, 0.25) is 0 Å². The molecule has 1 nitrogen and oxygen atoms in total. The molecule has 1 rings (SSSR count). The summed E-state index contributed by atoms with van der Waals surface area (Å²) in [6.45, 7) is 6.28. The molecule has 0 radical (unpaired) electrons. The van der Waals surface area contributed by atoms with E-state index < -0.39 is 0 Å². The van der Waals surface area contributed by atoms with Crippen molar-refractivity contribution in [3.8, 4) is 0 Å². The van der Waals surface area contributed by atoms with Crippen molar-refractivity contribution < 1.29 is 4.79 Å². The first-order chi connectivity index (χ1) is 6.64. The van der Waals surface area contributed by atoms with Gasteiger partial charge in [-0.25, -0.2) is 0 Å². The van der Waals surface area contributed by atoms with Gasteiger partial charge in [-0.15, -0.1) is 0 Å². The maximum atomic E-state index is 11.5. The van der Waals surface area contributed by atoms with Crippen LogP contribution in [0.1, 0.15) is 65.7 Å². The predicted octanol–water partition coefficient (Wildman–Crippen LogP) is 3.96. The van der Waals surface area contributed by atoms with Crippen LogP contribution in [-0.4, -0.2) is 5.78 Å². The molecule has 0 heterocycles. The first-order valence-corrected chi connectivity index (χ1v) is 6.15. The molecule has 82 valence electrons. The van der Waals surface area contributed by atoms with Crippen molar-refractivity contribution in [2.45, 2.75) is 65.7 Å². The topological polar surface area (TPSA) is 17.1 Å². The molecule has 1 fully saturated rings. The fourth-order valence-corrected chi connectivity index (χ4v) is 2.35. The molecule has 0 bridgehead atoms. The second kappa shape index (κ2) is 4.95. The lowest BCUT2D eigenvalue weighted by molar-refractivity contribution is -0.122. The third kappa shape index (κ3) is 2.83. The van der Waals surface area contributed by atoms with Crippen molar-refractivity contribution in [1.82, 2.24) is 0 Å². The summed E-state index contributed by atoms with van der Waals surface area (Å²) in [7, 11) is 0. The fraction of sp³-hybridized carbons (Fsp3) is 0.923. The van der Waals surface area contributed by atoms with Crippen LogP contribution in [0.5, 0.6) is 0 Å². The molecule has 0 amide bonds. The van der Waals surface area contributed by atoms with Crippen LogP contribution in [0, 0.1) is 11.3 Å². The fourth-order valence-electron chi connectivity index (χ4n) is 2.35. The maximum absolute atomic E-state index is 11.5. The van der Waals surface area contributed by atoms with Crippen LogP contribution < -0.4 is 0 Å². The Morgan fingerprint density at radius 3 is 2.36 bits per heavy atom. The number of Topliss-reactive ketones (excluding diaryl/α,β-unsaturated/α-hetero) is 1. The minimum absolute atomic E-state index is 0.133. The highest BCUT2D eigenvalue weighted by atomic mass is 16.1. The SMILES string of the molecule is CCCCC(CC)CC1(C(C)=O)CC1. The quantitative estimate of drug-likeness (QED) is 0.602. The lowest BCUT2D eigenvalue weighted by Gasteiger charge is -2.19. The van der Waals surface area contributed by atoms with Crippen LogP contribution in [0.15, 0.2) is 0 Å². The van der Waals surface area contributed by atoms with Crippen LogP contribution in [0.3, 0.4) is 0 Å². The zero-order chi connectivity index (χ0) is 10.6. The van der Waals surface area contributed by atoms with Crippen molar-refractivity contribution in [3.63, 3.8) is 0 Å². The number of hydrogen-bond acceptors (Lipinski definition) is 1. The predicted molar refractivity (Wildman–Crippen MR) is 60.3 cm³/mol. The first-order valence-electron chi connectivity index (χ1n) is 6.15. The number of unbranched alkanes of at least 4 members (excludes halogenated alkanes) is 1. The van der Waals surface area contributed by atoms with Gasteiger partial charge in [0.25, 0.3) is 0 Å². The number of carbonyl (C=O) groups excluding carboxylic acids is 1. The molecule has 0 spiro atoms. The summed E-state index contributed by atoms with van der Waals surface area (Å²) in [4.78, 5) is 11.5. The van der Waals surface area contributed by atoms with E-state index in [0.717, 1.165) is 18.8 Å². The van der Waals surface area contributed by atoms with E-state index in [1.807, 2.05) is 0 Å². The van der Waals surface area contributed by atoms with E-state index in [0.29, 0.717) is 5.78 Å². The van der Waals surface area contributed by atoms with Crippen molar-refractivity contribution in [3.05, 3.63) is 0 Å². The van der Waals surface area contributed by atoms with Gasteiger partial charge in [0.2, 0.25) is 0 Å². The van der Waals surface area contributed by atoms with Crippen LogP contribution in [-0.2, 0) is 4.79 Å². The minimum Gasteiger partial charge on any atom is -0.299 e. The summed E-state index contributed by atoms with van der Waals surface area (Å²) in [5.74, 6) is 1.23. The molecule has 14 heavy (non-hydrogen) atoms. The molecule has 1 aliphatic carbocycles. The monoisotopic (exact) mass is 196 g/mol. The van der Waals surface area contributed by atoms with Gasteiger partial charge in [-0.05, 0) is 32.1 Å². The molecule has 0 aromatic rings. The molecule has 0 saturated heterocycles. The van der Waals surface area contributed by atoms with Gasteiger partial charge >= 0.3 is 0 Å². The second-order valence-corrected chi connectivity index (χ2v) is 4.96. The summed E-state index contributed by atoms with van der Waals surface area (Å²) in [5.41, 5.74) is 0.133. The summed E-state index contributed by atoms with van der Waals surface area (Å²) < 4.78 is 0. The second-order valence-electron chi connectivity index (χ2n) is 4.96. The van der Waals surface area contributed by atoms with Gasteiger partial charge in [0.1, 0.15) is 5.78 Å². The number of hydrogen-bond donors (Lipinski definition) is 0. The van der Waals surface area contributed by atoms with Crippen LogP contribution in [0.4, 0.5) is 0 Å². The number of ketones is 1. The molecular formula is C13H24O. The van der Waals surface area contributed by atoms with Gasteiger partial charge in [-0.3, -0.25) is 4.79 Å². The zero-order valence-electron chi connectivity index (χ0n) is 9.94. The smallest absolute Gasteiger partial charge is 0.135 e. The van der Waals surface area contributed by atoms with Crippen molar-refractivity contribution in [2.24, 2.45) is 11.3 Å². The molecule has 0 aromatic carbocycles. The van der Waals surface area contributed by atoms with E-state index in [9.17, 15) is 4.79 Å². The van der Waals surface area contributed by atoms with Gasteiger partial charge in [-0.2, -0.15) is 0 Å². The molecule has 0 aromatic heterocycles. The Bertz CT molecular complexity index is 191. The van der Waals surface area contributed by atoms with Crippen molar-refractivity contribution in [1.29, 1.82) is 0 Å². The summed E-state index contributed by atoms with van der Waals surface area (Å²) in [6.07, 6.45) is 8.65. The van der Waals surface area contributed by atoms with Gasteiger partial charge in [0.05, 0.1) is 0 Å². The molecule has 1 heteroatoms. The van der Waals surface area contributed by atoms with Gasteiger partial charge in [0, 0.05) is 5.41 Å². The Balaban J connectivity index is 2.36. The zero-order valence-corrected chi connectivity index (χ0v) is 9.94. The normalized spacial score (nSPS) is 20.5. The molecule has 1 atom stereocenters. The standard InChI is InChI=1S/C13H24O/c1-4-6-7-12(5-2)10-13(8-9-13)11(3)14/h12H,4-10H2,1-3H3. The maximum Gasteiger partial charge on any atom is 0.135 e. The molecule has 1 aliphatic rings. The highest BCUT2D eigenvalue weighted by Gasteiger charge is 2.47. The minimum atomic E-state index is 0.133.